The molecule has 0 radical (unpaired) electrons. The molecule has 2 N–H and O–H groups in total. The molecule has 0 fully saturated rings. The molecule has 4 nitrogen and oxygen atoms in total. The highest BCUT2D eigenvalue weighted by molar-refractivity contribution is 5.93. The molecule has 3 aromatic rings. The standard InChI is InChI=1S/C13H13N3O/c1-16-7-9(8-17)15-13(16)11-6-14-12-5-3-2-4-10(11)12/h2-7,14,17H,8H2,1H3. The molecule has 0 saturated carbocycles. The van der Waals surface area contributed by atoms with Crippen molar-refractivity contribution in [3.05, 3.63) is 42.4 Å². The Hall–Kier alpha value is -2.07. The number of imidazole rings is 1. The van der Waals surface area contributed by atoms with Gasteiger partial charge >= 0.3 is 0 Å². The second kappa shape index (κ2) is 3.75. The van der Waals surface area contributed by atoms with Crippen molar-refractivity contribution in [1.29, 1.82) is 0 Å². The van der Waals surface area contributed by atoms with Crippen molar-refractivity contribution in [1.82, 2.24) is 14.5 Å². The van der Waals surface area contributed by atoms with Gasteiger partial charge in [-0.3, -0.25) is 0 Å². The monoisotopic (exact) mass is 227 g/mol. The predicted octanol–water partition coefficient (Wildman–Crippen LogP) is 2.06. The Bertz CT molecular complexity index is 666. The quantitative estimate of drug-likeness (QED) is 0.704. The fourth-order valence-corrected chi connectivity index (χ4v) is 2.11. The second-order valence-electron chi connectivity index (χ2n) is 4.07. The van der Waals surface area contributed by atoms with Crippen molar-refractivity contribution >= 4 is 10.9 Å². The first-order valence-electron chi connectivity index (χ1n) is 5.49. The van der Waals surface area contributed by atoms with Crippen LogP contribution in [0.25, 0.3) is 22.3 Å². The van der Waals surface area contributed by atoms with E-state index in [-0.39, 0.29) is 6.61 Å². The minimum Gasteiger partial charge on any atom is -0.390 e. The molecule has 0 aliphatic rings. The van der Waals surface area contributed by atoms with E-state index in [4.69, 9.17) is 5.11 Å². The lowest BCUT2D eigenvalue weighted by Gasteiger charge is -1.98. The van der Waals surface area contributed by atoms with Crippen LogP contribution in [0, 0.1) is 0 Å². The molecule has 4 heteroatoms. The number of H-pyrrole nitrogens is 1. The number of hydrogen-bond acceptors (Lipinski definition) is 2. The van der Waals surface area contributed by atoms with Crippen molar-refractivity contribution in [2.45, 2.75) is 6.61 Å². The molecule has 2 heterocycles. The summed E-state index contributed by atoms with van der Waals surface area (Å²) in [5, 5.41) is 10.2. The molecular formula is C13H13N3O. The van der Waals surface area contributed by atoms with Gasteiger partial charge in [-0.15, -0.1) is 0 Å². The number of nitrogens with zero attached hydrogens (tertiary/aromatic N) is 2. The van der Waals surface area contributed by atoms with Gasteiger partial charge in [0.1, 0.15) is 5.82 Å². The molecule has 3 rings (SSSR count). The topological polar surface area (TPSA) is 53.8 Å². The van der Waals surface area contributed by atoms with Gasteiger partial charge in [0.15, 0.2) is 0 Å². The van der Waals surface area contributed by atoms with Gasteiger partial charge in [-0.25, -0.2) is 4.98 Å². The number of rotatable bonds is 2. The number of fused-ring (bicyclic) bond motifs is 1. The molecular weight excluding hydrogens is 214 g/mol. The molecule has 0 atom stereocenters. The summed E-state index contributed by atoms with van der Waals surface area (Å²) in [7, 11) is 1.93. The van der Waals surface area contributed by atoms with Gasteiger partial charge in [0.2, 0.25) is 0 Å². The highest BCUT2D eigenvalue weighted by Gasteiger charge is 2.11. The number of aliphatic hydroxyl groups excluding tert-OH is 1. The lowest BCUT2D eigenvalue weighted by molar-refractivity contribution is 0.277. The third-order valence-electron chi connectivity index (χ3n) is 2.92. The SMILES string of the molecule is Cn1cc(CO)nc1-c1c[nH]c2ccccc12. The van der Waals surface area contributed by atoms with E-state index in [9.17, 15) is 0 Å². The van der Waals surface area contributed by atoms with Gasteiger partial charge < -0.3 is 14.7 Å². The van der Waals surface area contributed by atoms with Crippen LogP contribution in [0.5, 0.6) is 0 Å². The fraction of sp³-hybridized carbons (Fsp3) is 0.154. The zero-order valence-corrected chi connectivity index (χ0v) is 9.51. The van der Waals surface area contributed by atoms with Crippen LogP contribution >= 0.6 is 0 Å². The van der Waals surface area contributed by atoms with Crippen LogP contribution in [0.3, 0.4) is 0 Å². The number of nitrogens with one attached hydrogen (secondary N) is 1. The zero-order chi connectivity index (χ0) is 11.8. The molecule has 86 valence electrons. The van der Waals surface area contributed by atoms with Crippen molar-refractivity contribution in [3.63, 3.8) is 0 Å². The maximum absolute atomic E-state index is 9.10. The average Bonchev–Trinajstić information content (AvgIpc) is 2.92. The number of benzene rings is 1. The van der Waals surface area contributed by atoms with Gasteiger partial charge in [-0.1, -0.05) is 18.2 Å². The number of aliphatic hydroxyl groups is 1. The Kier molecular flexibility index (Phi) is 2.23. The third kappa shape index (κ3) is 1.54. The molecule has 0 spiro atoms. The minimum absolute atomic E-state index is 0.0316. The summed E-state index contributed by atoms with van der Waals surface area (Å²) in [4.78, 5) is 7.64. The van der Waals surface area contributed by atoms with Gasteiger partial charge in [-0.05, 0) is 6.07 Å². The van der Waals surface area contributed by atoms with Crippen molar-refractivity contribution in [2.75, 3.05) is 0 Å². The Labute approximate surface area is 98.5 Å². The van der Waals surface area contributed by atoms with Gasteiger partial charge in [-0.2, -0.15) is 0 Å². The summed E-state index contributed by atoms with van der Waals surface area (Å²) in [6.45, 7) is -0.0316. The van der Waals surface area contributed by atoms with E-state index in [0.717, 1.165) is 22.3 Å². The van der Waals surface area contributed by atoms with Crippen molar-refractivity contribution in [3.8, 4) is 11.4 Å². The molecule has 17 heavy (non-hydrogen) atoms. The van der Waals surface area contributed by atoms with Crippen LogP contribution in [-0.4, -0.2) is 19.6 Å². The first kappa shape index (κ1) is 10.1. The molecule has 0 aliphatic heterocycles. The Morgan fingerprint density at radius 1 is 1.35 bits per heavy atom. The van der Waals surface area contributed by atoms with Gasteiger partial charge in [0.25, 0.3) is 0 Å². The molecule has 0 amide bonds. The molecule has 1 aromatic carbocycles. The summed E-state index contributed by atoms with van der Waals surface area (Å²) in [5.41, 5.74) is 2.84. The first-order valence-corrected chi connectivity index (χ1v) is 5.49. The van der Waals surface area contributed by atoms with Crippen LogP contribution in [0.2, 0.25) is 0 Å². The van der Waals surface area contributed by atoms with Crippen LogP contribution in [0.1, 0.15) is 5.69 Å². The Morgan fingerprint density at radius 3 is 2.94 bits per heavy atom. The van der Waals surface area contributed by atoms with Crippen molar-refractivity contribution in [2.24, 2.45) is 7.05 Å². The predicted molar refractivity (Wildman–Crippen MR) is 66.4 cm³/mol. The lowest BCUT2D eigenvalue weighted by Crippen LogP contribution is -1.89. The van der Waals surface area contributed by atoms with Gasteiger partial charge in [0, 0.05) is 35.9 Å². The third-order valence-corrected chi connectivity index (χ3v) is 2.92. The van der Waals surface area contributed by atoms with Crippen LogP contribution in [-0.2, 0) is 13.7 Å². The Morgan fingerprint density at radius 2 is 2.18 bits per heavy atom. The van der Waals surface area contributed by atoms with E-state index in [0.29, 0.717) is 5.69 Å². The number of aromatic nitrogens is 3. The van der Waals surface area contributed by atoms with E-state index in [1.807, 2.05) is 42.2 Å². The molecule has 0 saturated heterocycles. The van der Waals surface area contributed by atoms with E-state index in [1.54, 1.807) is 0 Å². The number of aromatic amines is 1. The molecule has 0 bridgehead atoms. The summed E-state index contributed by atoms with van der Waals surface area (Å²) in [6, 6.07) is 8.11. The highest BCUT2D eigenvalue weighted by atomic mass is 16.3. The van der Waals surface area contributed by atoms with Crippen molar-refractivity contribution < 1.29 is 5.11 Å². The molecule has 2 aromatic heterocycles. The smallest absolute Gasteiger partial charge is 0.142 e. The average molecular weight is 227 g/mol. The highest BCUT2D eigenvalue weighted by Crippen LogP contribution is 2.27. The van der Waals surface area contributed by atoms with Crippen LogP contribution in [0.15, 0.2) is 36.7 Å². The number of aryl methyl sites for hydroxylation is 1. The maximum Gasteiger partial charge on any atom is 0.142 e. The maximum atomic E-state index is 9.10. The summed E-state index contributed by atoms with van der Waals surface area (Å²) in [5.74, 6) is 0.867. The van der Waals surface area contributed by atoms with Crippen LogP contribution < -0.4 is 0 Å². The minimum atomic E-state index is -0.0316. The van der Waals surface area contributed by atoms with E-state index >= 15 is 0 Å². The van der Waals surface area contributed by atoms with Crippen LogP contribution in [0.4, 0.5) is 0 Å². The normalized spacial score (nSPS) is 11.2. The number of hydrogen-bond donors (Lipinski definition) is 2. The number of para-hydroxylation sites is 1. The van der Waals surface area contributed by atoms with Gasteiger partial charge in [0.05, 0.1) is 12.3 Å². The fourth-order valence-electron chi connectivity index (χ4n) is 2.11. The van der Waals surface area contributed by atoms with E-state index in [1.165, 1.54) is 0 Å². The zero-order valence-electron chi connectivity index (χ0n) is 9.51. The largest absolute Gasteiger partial charge is 0.390 e. The molecule has 0 unspecified atom stereocenters. The Balaban J connectivity index is 2.23. The first-order chi connectivity index (χ1) is 8.29. The van der Waals surface area contributed by atoms with E-state index < -0.39 is 0 Å². The summed E-state index contributed by atoms with van der Waals surface area (Å²) >= 11 is 0. The van der Waals surface area contributed by atoms with E-state index in [2.05, 4.69) is 16.0 Å². The summed E-state index contributed by atoms with van der Waals surface area (Å²) < 4.78 is 1.93. The second-order valence-corrected chi connectivity index (χ2v) is 4.07. The molecule has 0 aliphatic carbocycles. The lowest BCUT2D eigenvalue weighted by atomic mass is 10.1. The summed E-state index contributed by atoms with van der Waals surface area (Å²) in [6.07, 6.45) is 3.80.